The van der Waals surface area contributed by atoms with Gasteiger partial charge >= 0.3 is 0 Å². The zero-order chi connectivity index (χ0) is 14.9. The van der Waals surface area contributed by atoms with Gasteiger partial charge in [0, 0.05) is 22.5 Å². The Kier molecular flexibility index (Phi) is 4.42. The van der Waals surface area contributed by atoms with Crippen molar-refractivity contribution in [3.05, 3.63) is 70.5 Å². The van der Waals surface area contributed by atoms with Gasteiger partial charge in [-0.05, 0) is 24.1 Å². The molecule has 0 amide bonds. The summed E-state index contributed by atoms with van der Waals surface area (Å²) in [7, 11) is 0. The number of alkyl halides is 1. The molecule has 0 nitrogen and oxygen atoms in total. The molecule has 20 heavy (non-hydrogen) atoms. The Morgan fingerprint density at radius 1 is 0.800 bits per heavy atom. The van der Waals surface area contributed by atoms with Gasteiger partial charge < -0.3 is 0 Å². The van der Waals surface area contributed by atoms with Gasteiger partial charge in [0.2, 0.25) is 0 Å². The first-order chi connectivity index (χ1) is 9.38. The van der Waals surface area contributed by atoms with Crippen LogP contribution in [0.4, 0.5) is 22.0 Å². The van der Waals surface area contributed by atoms with Crippen LogP contribution >= 0.6 is 15.9 Å². The fourth-order valence-electron chi connectivity index (χ4n) is 1.77. The zero-order valence-electron chi connectivity index (χ0n) is 9.94. The molecule has 0 saturated heterocycles. The number of hydrogen-bond acceptors (Lipinski definition) is 0. The first kappa shape index (κ1) is 15.0. The number of benzene rings is 2. The van der Waals surface area contributed by atoms with Gasteiger partial charge in [-0.1, -0.05) is 22.0 Å². The molecule has 2 rings (SSSR count). The Hall–Kier alpha value is -1.43. The Labute approximate surface area is 120 Å². The summed E-state index contributed by atoms with van der Waals surface area (Å²) in [5.41, 5.74) is 0.00466. The maximum Gasteiger partial charge on any atom is 0.161 e. The highest BCUT2D eigenvalue weighted by Gasteiger charge is 2.18. The molecule has 1 atom stereocenters. The van der Waals surface area contributed by atoms with E-state index in [0.717, 1.165) is 6.07 Å². The average molecular weight is 351 g/mol. The third-order valence-electron chi connectivity index (χ3n) is 2.79. The van der Waals surface area contributed by atoms with Crippen molar-refractivity contribution in [3.8, 4) is 0 Å². The lowest BCUT2D eigenvalue weighted by Crippen LogP contribution is -2.03. The molecule has 2 aromatic rings. The summed E-state index contributed by atoms with van der Waals surface area (Å²) in [6.45, 7) is 0. The lowest BCUT2D eigenvalue weighted by Gasteiger charge is -2.12. The molecule has 0 saturated carbocycles. The quantitative estimate of drug-likeness (QED) is 0.412. The standard InChI is InChI=1S/C14H8BrF5/c15-10(3-7-1-2-8(16)4-11(7)17)9-5-13(19)14(20)6-12(9)18/h1-2,4-6,10H,3H2. The van der Waals surface area contributed by atoms with Crippen molar-refractivity contribution >= 4 is 15.9 Å². The average Bonchev–Trinajstić information content (AvgIpc) is 2.37. The molecule has 0 aromatic heterocycles. The van der Waals surface area contributed by atoms with Gasteiger partial charge in [0.1, 0.15) is 17.5 Å². The van der Waals surface area contributed by atoms with Crippen LogP contribution in [0.25, 0.3) is 0 Å². The Bertz CT molecular complexity index is 642. The first-order valence-corrected chi connectivity index (χ1v) is 6.52. The van der Waals surface area contributed by atoms with Crippen molar-refractivity contribution in [1.82, 2.24) is 0 Å². The predicted molar refractivity (Wildman–Crippen MR) is 68.0 cm³/mol. The molecular formula is C14H8BrF5. The van der Waals surface area contributed by atoms with Crippen LogP contribution in [0.2, 0.25) is 0 Å². The largest absolute Gasteiger partial charge is 0.207 e. The van der Waals surface area contributed by atoms with E-state index in [9.17, 15) is 22.0 Å². The van der Waals surface area contributed by atoms with Crippen LogP contribution in [0.1, 0.15) is 16.0 Å². The van der Waals surface area contributed by atoms with Crippen LogP contribution in [0, 0.1) is 29.1 Å². The third kappa shape index (κ3) is 3.17. The summed E-state index contributed by atoms with van der Waals surface area (Å²) in [6.07, 6.45) is -0.0336. The SMILES string of the molecule is Fc1ccc(CC(Br)c2cc(F)c(F)cc2F)c(F)c1. The van der Waals surface area contributed by atoms with Crippen molar-refractivity contribution in [2.24, 2.45) is 0 Å². The van der Waals surface area contributed by atoms with E-state index in [1.165, 1.54) is 6.07 Å². The van der Waals surface area contributed by atoms with Gasteiger partial charge in [0.25, 0.3) is 0 Å². The van der Waals surface area contributed by atoms with E-state index < -0.39 is 33.9 Å². The normalized spacial score (nSPS) is 12.5. The summed E-state index contributed by atoms with van der Waals surface area (Å²) in [5, 5.41) is 0. The number of rotatable bonds is 3. The molecule has 0 aliphatic carbocycles. The van der Waals surface area contributed by atoms with Crippen molar-refractivity contribution in [3.63, 3.8) is 0 Å². The molecule has 2 aromatic carbocycles. The van der Waals surface area contributed by atoms with E-state index in [4.69, 9.17) is 0 Å². The third-order valence-corrected chi connectivity index (χ3v) is 3.61. The Morgan fingerprint density at radius 2 is 1.45 bits per heavy atom. The van der Waals surface area contributed by atoms with Gasteiger partial charge in [0.15, 0.2) is 11.6 Å². The molecule has 0 aliphatic heterocycles. The molecule has 0 N–H and O–H groups in total. The second-order valence-electron chi connectivity index (χ2n) is 4.20. The summed E-state index contributed by atoms with van der Waals surface area (Å²) < 4.78 is 65.7. The minimum absolute atomic E-state index is 0.0336. The molecule has 0 heterocycles. The van der Waals surface area contributed by atoms with Crippen LogP contribution in [-0.2, 0) is 6.42 Å². The van der Waals surface area contributed by atoms with Crippen LogP contribution in [-0.4, -0.2) is 0 Å². The summed E-state index contributed by atoms with van der Waals surface area (Å²) in [6, 6.07) is 4.14. The van der Waals surface area contributed by atoms with Gasteiger partial charge in [-0.15, -0.1) is 0 Å². The lowest BCUT2D eigenvalue weighted by atomic mass is 10.0. The second-order valence-corrected chi connectivity index (χ2v) is 5.30. The van der Waals surface area contributed by atoms with E-state index in [1.54, 1.807) is 0 Å². The Balaban J connectivity index is 2.28. The minimum Gasteiger partial charge on any atom is -0.207 e. The van der Waals surface area contributed by atoms with E-state index in [2.05, 4.69) is 15.9 Å². The van der Waals surface area contributed by atoms with Crippen LogP contribution in [0.5, 0.6) is 0 Å². The fourth-order valence-corrected chi connectivity index (χ4v) is 2.47. The molecule has 0 spiro atoms. The highest BCUT2D eigenvalue weighted by Crippen LogP contribution is 2.31. The highest BCUT2D eigenvalue weighted by molar-refractivity contribution is 9.09. The van der Waals surface area contributed by atoms with E-state index in [0.29, 0.717) is 18.2 Å². The second kappa shape index (κ2) is 5.91. The van der Waals surface area contributed by atoms with Crippen LogP contribution in [0.15, 0.2) is 30.3 Å². The summed E-state index contributed by atoms with van der Waals surface area (Å²) in [5.74, 6) is -4.92. The molecule has 0 radical (unpaired) electrons. The maximum absolute atomic E-state index is 13.6. The van der Waals surface area contributed by atoms with Gasteiger partial charge in [-0.2, -0.15) is 0 Å². The Morgan fingerprint density at radius 3 is 2.10 bits per heavy atom. The van der Waals surface area contributed by atoms with Gasteiger partial charge in [-0.3, -0.25) is 0 Å². The van der Waals surface area contributed by atoms with E-state index >= 15 is 0 Å². The van der Waals surface area contributed by atoms with Gasteiger partial charge in [0.05, 0.1) is 0 Å². The highest BCUT2D eigenvalue weighted by atomic mass is 79.9. The smallest absolute Gasteiger partial charge is 0.161 e. The lowest BCUT2D eigenvalue weighted by molar-refractivity contribution is 0.489. The van der Waals surface area contributed by atoms with Crippen molar-refractivity contribution in [2.75, 3.05) is 0 Å². The molecule has 1 unspecified atom stereocenters. The molecular weight excluding hydrogens is 343 g/mol. The zero-order valence-corrected chi connectivity index (χ0v) is 11.5. The van der Waals surface area contributed by atoms with E-state index in [1.807, 2.05) is 0 Å². The van der Waals surface area contributed by atoms with Gasteiger partial charge in [-0.25, -0.2) is 22.0 Å². The fraction of sp³-hybridized carbons (Fsp3) is 0.143. The molecule has 0 fully saturated rings. The summed E-state index contributed by atoms with van der Waals surface area (Å²) in [4.78, 5) is -0.766. The van der Waals surface area contributed by atoms with Crippen molar-refractivity contribution in [1.29, 1.82) is 0 Å². The first-order valence-electron chi connectivity index (χ1n) is 5.61. The van der Waals surface area contributed by atoms with E-state index in [-0.39, 0.29) is 17.5 Å². The molecule has 0 aliphatic rings. The maximum atomic E-state index is 13.6. The number of hydrogen-bond donors (Lipinski definition) is 0. The molecule has 106 valence electrons. The molecule has 0 bridgehead atoms. The minimum atomic E-state index is -1.29. The monoisotopic (exact) mass is 350 g/mol. The molecule has 6 heteroatoms. The topological polar surface area (TPSA) is 0 Å². The predicted octanol–water partition coefficient (Wildman–Crippen LogP) is 5.06. The number of halogens is 6. The van der Waals surface area contributed by atoms with Crippen molar-refractivity contribution < 1.29 is 22.0 Å². The van der Waals surface area contributed by atoms with Crippen LogP contribution < -0.4 is 0 Å². The van der Waals surface area contributed by atoms with Crippen molar-refractivity contribution in [2.45, 2.75) is 11.2 Å². The van der Waals surface area contributed by atoms with Crippen LogP contribution in [0.3, 0.4) is 0 Å². The summed E-state index contributed by atoms with van der Waals surface area (Å²) >= 11 is 3.10.